The van der Waals surface area contributed by atoms with E-state index in [1.807, 2.05) is 0 Å². The minimum absolute atomic E-state index is 0.0914. The first kappa shape index (κ1) is 11.3. The van der Waals surface area contributed by atoms with Crippen LogP contribution >= 0.6 is 15.9 Å². The van der Waals surface area contributed by atoms with Crippen molar-refractivity contribution in [2.45, 2.75) is 19.4 Å². The van der Waals surface area contributed by atoms with Gasteiger partial charge in [0.2, 0.25) is 0 Å². The van der Waals surface area contributed by atoms with Crippen LogP contribution in [-0.2, 0) is 6.42 Å². The van der Waals surface area contributed by atoms with E-state index in [1.165, 1.54) is 7.11 Å². The van der Waals surface area contributed by atoms with E-state index in [-0.39, 0.29) is 5.75 Å². The fourth-order valence-corrected chi connectivity index (χ4v) is 1.72. The van der Waals surface area contributed by atoms with E-state index < -0.39 is 6.10 Å². The molecule has 0 saturated carbocycles. The molecule has 2 N–H and O–H groups in total. The number of hydrogen-bond acceptors (Lipinski definition) is 3. The zero-order valence-electron chi connectivity index (χ0n) is 8.12. The van der Waals surface area contributed by atoms with Crippen molar-refractivity contribution in [2.24, 2.45) is 0 Å². The molecule has 0 fully saturated rings. The number of aliphatic hydroxyl groups excluding tert-OH is 1. The Morgan fingerprint density at radius 1 is 1.50 bits per heavy atom. The average Bonchev–Trinajstić information content (AvgIpc) is 2.09. The number of rotatable bonds is 3. The molecule has 0 spiro atoms. The van der Waals surface area contributed by atoms with Crippen LogP contribution in [0.25, 0.3) is 0 Å². The molecule has 0 aliphatic rings. The number of hydrogen-bond donors (Lipinski definition) is 2. The molecule has 0 saturated heterocycles. The predicted octanol–water partition coefficient (Wildman–Crippen LogP) is 2.09. The summed E-state index contributed by atoms with van der Waals surface area (Å²) in [6.07, 6.45) is 0.109. The van der Waals surface area contributed by atoms with E-state index in [2.05, 4.69) is 15.9 Å². The van der Waals surface area contributed by atoms with E-state index in [1.54, 1.807) is 19.1 Å². The van der Waals surface area contributed by atoms with E-state index in [4.69, 9.17) is 4.74 Å². The highest BCUT2D eigenvalue weighted by Gasteiger charge is 2.09. The molecule has 0 bridgehead atoms. The SMILES string of the molecule is COc1cc(C[C@@H](C)O)c(Br)cc1O. The summed E-state index contributed by atoms with van der Waals surface area (Å²) in [5.41, 5.74) is 0.912. The van der Waals surface area contributed by atoms with Gasteiger partial charge in [-0.3, -0.25) is 0 Å². The van der Waals surface area contributed by atoms with E-state index >= 15 is 0 Å². The van der Waals surface area contributed by atoms with Crippen LogP contribution in [0.4, 0.5) is 0 Å². The fourth-order valence-electron chi connectivity index (χ4n) is 1.22. The molecule has 1 atom stereocenters. The Balaban J connectivity index is 3.04. The standard InChI is InChI=1S/C10H13BrO3/c1-6(12)3-7-4-10(14-2)9(13)5-8(7)11/h4-6,12-13H,3H2,1-2H3/t6-/m1/s1. The monoisotopic (exact) mass is 260 g/mol. The maximum Gasteiger partial charge on any atom is 0.160 e. The van der Waals surface area contributed by atoms with Crippen LogP contribution in [0.1, 0.15) is 12.5 Å². The molecule has 0 amide bonds. The van der Waals surface area contributed by atoms with Crippen molar-refractivity contribution in [3.05, 3.63) is 22.2 Å². The highest BCUT2D eigenvalue weighted by Crippen LogP contribution is 2.32. The number of methoxy groups -OCH3 is 1. The third kappa shape index (κ3) is 2.62. The quantitative estimate of drug-likeness (QED) is 0.875. The minimum atomic E-state index is -0.416. The molecule has 1 aromatic rings. The molecule has 0 radical (unpaired) electrons. The molecular formula is C10H13BrO3. The van der Waals surface area contributed by atoms with Crippen LogP contribution < -0.4 is 4.74 Å². The van der Waals surface area contributed by atoms with Crippen LogP contribution in [0.3, 0.4) is 0 Å². The minimum Gasteiger partial charge on any atom is -0.504 e. The Hall–Kier alpha value is -0.740. The Bertz CT molecular complexity index is 323. The summed E-state index contributed by atoms with van der Waals surface area (Å²) in [4.78, 5) is 0. The Morgan fingerprint density at radius 3 is 2.64 bits per heavy atom. The Labute approximate surface area is 91.5 Å². The van der Waals surface area contributed by atoms with E-state index in [0.717, 1.165) is 10.0 Å². The molecule has 0 aliphatic carbocycles. The molecule has 78 valence electrons. The summed E-state index contributed by atoms with van der Waals surface area (Å²) in [7, 11) is 1.50. The maximum atomic E-state index is 9.43. The number of halogens is 1. The largest absolute Gasteiger partial charge is 0.504 e. The lowest BCUT2D eigenvalue weighted by Gasteiger charge is -2.10. The molecule has 1 aromatic carbocycles. The van der Waals surface area contributed by atoms with Gasteiger partial charge in [0.25, 0.3) is 0 Å². The molecule has 3 nitrogen and oxygen atoms in total. The molecule has 0 unspecified atom stereocenters. The van der Waals surface area contributed by atoms with Gasteiger partial charge in [0.1, 0.15) is 0 Å². The van der Waals surface area contributed by atoms with Crippen LogP contribution in [0.15, 0.2) is 16.6 Å². The average molecular weight is 261 g/mol. The molecule has 0 aromatic heterocycles. The van der Waals surface area contributed by atoms with Gasteiger partial charge in [0.15, 0.2) is 11.5 Å². The first-order chi connectivity index (χ1) is 6.54. The summed E-state index contributed by atoms with van der Waals surface area (Å²) in [5, 5.41) is 18.7. The topological polar surface area (TPSA) is 49.7 Å². The summed E-state index contributed by atoms with van der Waals surface area (Å²) < 4.78 is 5.74. The van der Waals surface area contributed by atoms with E-state index in [9.17, 15) is 10.2 Å². The second-order valence-corrected chi connectivity index (χ2v) is 4.02. The van der Waals surface area contributed by atoms with Crippen LogP contribution in [0.2, 0.25) is 0 Å². The highest BCUT2D eigenvalue weighted by atomic mass is 79.9. The van der Waals surface area contributed by atoms with Gasteiger partial charge in [-0.15, -0.1) is 0 Å². The van der Waals surface area contributed by atoms with Crippen LogP contribution in [-0.4, -0.2) is 23.4 Å². The highest BCUT2D eigenvalue weighted by molar-refractivity contribution is 9.10. The number of phenolic OH excluding ortho intramolecular Hbond substituents is 1. The summed E-state index contributed by atoms with van der Waals surface area (Å²) in [6, 6.07) is 3.28. The second-order valence-electron chi connectivity index (χ2n) is 3.17. The molecule has 0 heterocycles. The third-order valence-corrected chi connectivity index (χ3v) is 2.60. The van der Waals surface area contributed by atoms with Gasteiger partial charge in [0, 0.05) is 4.47 Å². The van der Waals surface area contributed by atoms with Crippen molar-refractivity contribution >= 4 is 15.9 Å². The molecule has 14 heavy (non-hydrogen) atoms. The summed E-state index contributed by atoms with van der Waals surface area (Å²) in [5.74, 6) is 0.512. The lowest BCUT2D eigenvalue weighted by Crippen LogP contribution is -2.05. The second kappa shape index (κ2) is 4.66. The van der Waals surface area contributed by atoms with Gasteiger partial charge in [-0.1, -0.05) is 15.9 Å². The molecule has 0 aliphatic heterocycles. The number of phenols is 1. The van der Waals surface area contributed by atoms with Crippen molar-refractivity contribution in [3.63, 3.8) is 0 Å². The van der Waals surface area contributed by atoms with E-state index in [0.29, 0.717) is 12.2 Å². The number of aliphatic hydroxyl groups is 1. The van der Waals surface area contributed by atoms with Crippen molar-refractivity contribution in [2.75, 3.05) is 7.11 Å². The lowest BCUT2D eigenvalue weighted by atomic mass is 10.1. The molecule has 1 rings (SSSR count). The van der Waals surface area contributed by atoms with Gasteiger partial charge >= 0.3 is 0 Å². The number of ether oxygens (including phenoxy) is 1. The molecule has 4 heteroatoms. The zero-order chi connectivity index (χ0) is 10.7. The van der Waals surface area contributed by atoms with Crippen molar-refractivity contribution in [3.8, 4) is 11.5 Å². The lowest BCUT2D eigenvalue weighted by molar-refractivity contribution is 0.195. The van der Waals surface area contributed by atoms with Gasteiger partial charge in [-0.25, -0.2) is 0 Å². The van der Waals surface area contributed by atoms with Gasteiger partial charge in [0.05, 0.1) is 13.2 Å². The number of aromatic hydroxyl groups is 1. The first-order valence-electron chi connectivity index (χ1n) is 4.28. The Morgan fingerprint density at radius 2 is 2.14 bits per heavy atom. The van der Waals surface area contributed by atoms with Crippen molar-refractivity contribution < 1.29 is 14.9 Å². The third-order valence-electron chi connectivity index (χ3n) is 1.86. The summed E-state index contributed by atoms with van der Waals surface area (Å²) in [6.45, 7) is 1.71. The van der Waals surface area contributed by atoms with Gasteiger partial charge < -0.3 is 14.9 Å². The van der Waals surface area contributed by atoms with Gasteiger partial charge in [-0.2, -0.15) is 0 Å². The Kier molecular flexibility index (Phi) is 3.77. The predicted molar refractivity (Wildman–Crippen MR) is 57.7 cm³/mol. The normalized spacial score (nSPS) is 12.6. The van der Waals surface area contributed by atoms with Crippen molar-refractivity contribution in [1.29, 1.82) is 0 Å². The van der Waals surface area contributed by atoms with Crippen molar-refractivity contribution in [1.82, 2.24) is 0 Å². The molecular weight excluding hydrogens is 248 g/mol. The maximum absolute atomic E-state index is 9.43. The number of benzene rings is 1. The summed E-state index contributed by atoms with van der Waals surface area (Å²) >= 11 is 3.31. The smallest absolute Gasteiger partial charge is 0.160 e. The zero-order valence-corrected chi connectivity index (χ0v) is 9.71. The van der Waals surface area contributed by atoms with Gasteiger partial charge in [-0.05, 0) is 31.0 Å². The first-order valence-corrected chi connectivity index (χ1v) is 5.07. The van der Waals surface area contributed by atoms with Crippen LogP contribution in [0.5, 0.6) is 11.5 Å². The van der Waals surface area contributed by atoms with Crippen LogP contribution in [0, 0.1) is 0 Å². The fraction of sp³-hybridized carbons (Fsp3) is 0.400.